The van der Waals surface area contributed by atoms with Crippen LogP contribution in [0.3, 0.4) is 0 Å². The van der Waals surface area contributed by atoms with Crippen molar-refractivity contribution in [1.82, 2.24) is 9.80 Å². The molecule has 0 radical (unpaired) electrons. The third kappa shape index (κ3) is 15.3. The van der Waals surface area contributed by atoms with E-state index >= 15 is 4.39 Å². The van der Waals surface area contributed by atoms with Crippen LogP contribution in [-0.2, 0) is 9.53 Å². The molecular formula is C51H73F5N4O2S. The fourth-order valence-corrected chi connectivity index (χ4v) is 9.18. The first-order valence-corrected chi connectivity index (χ1v) is 23.3. The number of thiophene rings is 1. The first-order chi connectivity index (χ1) is 29.6. The maximum absolute atomic E-state index is 16.1. The van der Waals surface area contributed by atoms with Crippen LogP contribution in [0.25, 0.3) is 15.7 Å². The Bertz CT molecular complexity index is 2030. The average Bonchev–Trinajstić information content (AvgIpc) is 3.70. The zero-order chi connectivity index (χ0) is 47.8. The zero-order valence-corrected chi connectivity index (χ0v) is 40.8. The van der Waals surface area contributed by atoms with Gasteiger partial charge in [-0.3, -0.25) is 4.79 Å². The first-order valence-electron chi connectivity index (χ1n) is 22.5. The molecule has 0 amide bonds. The van der Waals surface area contributed by atoms with Crippen LogP contribution < -0.4 is 0 Å². The molecule has 2 aromatic rings. The van der Waals surface area contributed by atoms with Crippen LogP contribution in [0, 0.1) is 34.4 Å². The van der Waals surface area contributed by atoms with Crippen molar-refractivity contribution in [3.8, 4) is 6.07 Å². The van der Waals surface area contributed by atoms with E-state index in [0.717, 1.165) is 54.6 Å². The smallest absolute Gasteiger partial charge is 0.417 e. The van der Waals surface area contributed by atoms with Gasteiger partial charge in [-0.15, -0.1) is 11.3 Å². The van der Waals surface area contributed by atoms with Gasteiger partial charge in [-0.05, 0) is 137 Å². The van der Waals surface area contributed by atoms with Crippen molar-refractivity contribution >= 4 is 39.5 Å². The monoisotopic (exact) mass is 901 g/mol. The van der Waals surface area contributed by atoms with E-state index in [2.05, 4.69) is 63.9 Å². The topological polar surface area (TPSA) is 68.9 Å². The van der Waals surface area contributed by atoms with Gasteiger partial charge in [0.15, 0.2) is 5.78 Å². The summed E-state index contributed by atoms with van der Waals surface area (Å²) in [5.41, 5.74) is 0.00926. The van der Waals surface area contributed by atoms with E-state index in [1.807, 2.05) is 38.8 Å². The molecule has 2 fully saturated rings. The number of rotatable bonds is 15. The standard InChI is InChI=1S/C33H41F5N2S.C8H15N.C6H11NO.C4H6O/c1-9-19(5)11-14-28(18(3)4)40(8)21(7)22-15-25(33(36,37)38)30(27(35)16-22)23-12-13-26(34)32-29(23)24(17-39)31(41-32)20(6)10-2;1-2-9-6-5-8(7-9)3-4-8;1-4-5-6(7-2)8-3;1-3-4(2)5/h12-13,15,18-20,28H,9-11,14,16H2,1-8H3;2-7H2,1H3;5H,2,4H2,1,3H3;3H,1H2,2H3/b22-21+;;6-5-;. The van der Waals surface area contributed by atoms with Crippen molar-refractivity contribution in [1.29, 1.82) is 5.26 Å². The number of alkyl halides is 3. The number of allylic oxidation sites excluding steroid dienone is 8. The summed E-state index contributed by atoms with van der Waals surface area (Å²) in [6.45, 7) is 30.4. The summed E-state index contributed by atoms with van der Waals surface area (Å²) in [6, 6.07) is 4.42. The van der Waals surface area contributed by atoms with Crippen LogP contribution in [0.1, 0.15) is 149 Å². The predicted octanol–water partition coefficient (Wildman–Crippen LogP) is 14.9. The summed E-state index contributed by atoms with van der Waals surface area (Å²) in [5, 5.41) is 10.1. The van der Waals surface area contributed by atoms with Gasteiger partial charge in [-0.25, -0.2) is 13.8 Å². The van der Waals surface area contributed by atoms with Crippen LogP contribution >= 0.6 is 11.3 Å². The summed E-state index contributed by atoms with van der Waals surface area (Å²) in [4.78, 5) is 18.4. The van der Waals surface area contributed by atoms with E-state index < -0.39 is 29.0 Å². The average molecular weight is 901 g/mol. The van der Waals surface area contributed by atoms with E-state index in [0.29, 0.717) is 28.8 Å². The molecule has 2 heterocycles. The molecule has 1 spiro atoms. The van der Waals surface area contributed by atoms with Gasteiger partial charge >= 0.3 is 6.18 Å². The molecular weight excluding hydrogens is 828 g/mol. The lowest BCUT2D eigenvalue weighted by Gasteiger charge is -2.36. The summed E-state index contributed by atoms with van der Waals surface area (Å²) >= 11 is 1.06. The number of likely N-dealkylation sites (tertiary alicyclic amines) is 1. The van der Waals surface area contributed by atoms with E-state index in [4.69, 9.17) is 4.74 Å². The minimum atomic E-state index is -4.87. The molecule has 1 saturated carbocycles. The van der Waals surface area contributed by atoms with Gasteiger partial charge < -0.3 is 14.5 Å². The van der Waals surface area contributed by atoms with Crippen LogP contribution in [0.5, 0.6) is 0 Å². The zero-order valence-electron chi connectivity index (χ0n) is 40.0. The number of nitrogens with zero attached hydrogens (tertiary/aromatic N) is 4. The minimum Gasteiger partial charge on any atom is -0.481 e. The van der Waals surface area contributed by atoms with Crippen LogP contribution in [0.15, 0.2) is 70.5 Å². The molecule has 2 aliphatic carbocycles. The molecule has 350 valence electrons. The molecule has 1 saturated heterocycles. The van der Waals surface area contributed by atoms with E-state index in [-0.39, 0.29) is 56.9 Å². The van der Waals surface area contributed by atoms with Gasteiger partial charge in [0.05, 0.1) is 22.9 Å². The van der Waals surface area contributed by atoms with Gasteiger partial charge in [0.1, 0.15) is 17.7 Å². The Morgan fingerprint density at radius 3 is 2.13 bits per heavy atom. The minimum absolute atomic E-state index is 0.0185. The van der Waals surface area contributed by atoms with E-state index in [1.165, 1.54) is 58.0 Å². The summed E-state index contributed by atoms with van der Waals surface area (Å²) < 4.78 is 79.7. The lowest BCUT2D eigenvalue weighted by Crippen LogP contribution is -2.35. The maximum Gasteiger partial charge on any atom is 0.417 e. The van der Waals surface area contributed by atoms with E-state index in [9.17, 15) is 27.6 Å². The van der Waals surface area contributed by atoms with Crippen molar-refractivity contribution in [2.45, 2.75) is 145 Å². The number of ketones is 1. The molecule has 3 atom stereocenters. The fourth-order valence-electron chi connectivity index (χ4n) is 7.87. The van der Waals surface area contributed by atoms with Gasteiger partial charge in [-0.2, -0.15) is 18.4 Å². The molecule has 0 N–H and O–H groups in total. The molecule has 1 aromatic heterocycles. The number of nitriles is 1. The van der Waals surface area contributed by atoms with E-state index in [1.54, 1.807) is 14.0 Å². The van der Waals surface area contributed by atoms with Gasteiger partial charge in [-0.1, -0.05) is 74.5 Å². The quantitative estimate of drug-likeness (QED) is 0.0771. The molecule has 63 heavy (non-hydrogen) atoms. The number of ether oxygens (including phenoxy) is 1. The van der Waals surface area contributed by atoms with Crippen molar-refractivity contribution < 1.29 is 31.5 Å². The highest BCUT2D eigenvalue weighted by Gasteiger charge is 2.47. The lowest BCUT2D eigenvalue weighted by molar-refractivity contribution is -0.112. The molecule has 3 aliphatic rings. The third-order valence-electron chi connectivity index (χ3n) is 12.6. The number of carbonyl (C=O) groups excluding carboxylic acids is 1. The fraction of sp³-hybridized carbons (Fsp3) is 0.588. The van der Waals surface area contributed by atoms with Crippen LogP contribution in [-0.4, -0.2) is 68.3 Å². The predicted molar refractivity (Wildman–Crippen MR) is 254 cm³/mol. The first kappa shape index (κ1) is 55.1. The van der Waals surface area contributed by atoms with Crippen LogP contribution in [0.4, 0.5) is 22.0 Å². The second kappa shape index (κ2) is 25.4. The largest absolute Gasteiger partial charge is 0.481 e. The molecule has 12 heteroatoms. The highest BCUT2D eigenvalue weighted by atomic mass is 32.1. The Hall–Kier alpha value is -4.08. The number of benzene rings is 1. The number of halogens is 5. The Labute approximate surface area is 379 Å². The number of aliphatic imine (C=N–C) groups is 1. The number of fused-ring (bicyclic) bond motifs is 1. The third-order valence-corrected chi connectivity index (χ3v) is 14.1. The molecule has 3 unspecified atom stereocenters. The highest BCUT2D eigenvalue weighted by Crippen LogP contribution is 2.52. The SMILES string of the molecule is C=CC(C)=O.C=N/C(=C/CC)OC.CCC(C)CCC(C(C)C)N(C)/C(C)=C1\C=C(C(F)(F)F)C(c2ccc(F)c3sc(C(C)CC)c(C#N)c23)=C(F)C1.CCN1CCC2(CC2)C1. The summed E-state index contributed by atoms with van der Waals surface area (Å²) in [7, 11) is 3.45. The Morgan fingerprint density at radius 1 is 1.08 bits per heavy atom. The normalized spacial score (nSPS) is 18.1. The number of hydrogen-bond acceptors (Lipinski definition) is 7. The molecule has 6 nitrogen and oxygen atoms in total. The Balaban J connectivity index is 0.000000498. The second-order valence-electron chi connectivity index (χ2n) is 17.4. The summed E-state index contributed by atoms with van der Waals surface area (Å²) in [6.07, 6.45) is 8.06. The molecule has 5 rings (SSSR count). The van der Waals surface area contributed by atoms with Crippen molar-refractivity contribution in [2.24, 2.45) is 22.2 Å². The maximum atomic E-state index is 16.1. The Kier molecular flexibility index (Phi) is 22.2. The molecule has 0 bridgehead atoms. The van der Waals surface area contributed by atoms with Crippen LogP contribution in [0.2, 0.25) is 0 Å². The highest BCUT2D eigenvalue weighted by molar-refractivity contribution is 7.19. The second-order valence-corrected chi connectivity index (χ2v) is 18.5. The lowest BCUT2D eigenvalue weighted by atomic mass is 9.85. The molecule has 1 aliphatic heterocycles. The summed E-state index contributed by atoms with van der Waals surface area (Å²) in [5.74, 6) is -0.256. The van der Waals surface area contributed by atoms with Crippen molar-refractivity contribution in [2.75, 3.05) is 33.8 Å². The van der Waals surface area contributed by atoms with Crippen molar-refractivity contribution in [3.05, 3.63) is 87.3 Å². The van der Waals surface area contributed by atoms with Gasteiger partial charge in [0.2, 0.25) is 5.88 Å². The van der Waals surface area contributed by atoms with Crippen molar-refractivity contribution in [3.63, 3.8) is 0 Å². The van der Waals surface area contributed by atoms with Gasteiger partial charge in [0.25, 0.3) is 0 Å². The number of hydrogen-bond donors (Lipinski definition) is 0. The van der Waals surface area contributed by atoms with Gasteiger partial charge in [0, 0.05) is 47.6 Å². The molecule has 1 aromatic carbocycles. The number of methoxy groups -OCH3 is 1. The Morgan fingerprint density at radius 2 is 1.71 bits per heavy atom. The number of carbonyl (C=O) groups is 1.